The quantitative estimate of drug-likeness (QED) is 0.733. The lowest BCUT2D eigenvalue weighted by Crippen LogP contribution is -2.35. The van der Waals surface area contributed by atoms with Crippen LogP contribution in [-0.2, 0) is 0 Å². The Morgan fingerprint density at radius 1 is 1.29 bits per heavy atom. The molecule has 4 heteroatoms. The Kier molecular flexibility index (Phi) is 5.75. The third-order valence-electron chi connectivity index (χ3n) is 2.48. The number of aryl methyl sites for hydroxylation is 1. The van der Waals surface area contributed by atoms with E-state index in [1.54, 1.807) is 0 Å². The fourth-order valence-electron chi connectivity index (χ4n) is 1.50. The van der Waals surface area contributed by atoms with Gasteiger partial charge >= 0.3 is 0 Å². The predicted octanol–water partition coefficient (Wildman–Crippen LogP) is 2.42. The monoisotopic (exact) mass is 256 g/mol. The molecule has 3 nitrogen and oxygen atoms in total. The zero-order valence-electron chi connectivity index (χ0n) is 10.6. The lowest BCUT2D eigenvalue weighted by molar-refractivity contribution is 0.181. The fourth-order valence-corrected chi connectivity index (χ4v) is 1.72. The van der Waals surface area contributed by atoms with E-state index in [0.717, 1.165) is 16.3 Å². The van der Waals surface area contributed by atoms with Gasteiger partial charge in [0.1, 0.15) is 0 Å². The standard InChI is InChI=1S/C13H21ClN2O/c1-9(2)15-7-12(17)8-16-13-5-4-11(14)6-10(13)3/h4-6,9,12,15-17H,7-8H2,1-3H3. The minimum absolute atomic E-state index is 0.391. The number of nitrogens with one attached hydrogen (secondary N) is 2. The van der Waals surface area contributed by atoms with E-state index in [1.165, 1.54) is 0 Å². The van der Waals surface area contributed by atoms with Crippen molar-refractivity contribution in [3.8, 4) is 0 Å². The van der Waals surface area contributed by atoms with Crippen molar-refractivity contribution >= 4 is 17.3 Å². The Morgan fingerprint density at radius 3 is 2.59 bits per heavy atom. The molecular weight excluding hydrogens is 236 g/mol. The highest BCUT2D eigenvalue weighted by molar-refractivity contribution is 6.30. The van der Waals surface area contributed by atoms with E-state index in [0.29, 0.717) is 19.1 Å². The molecule has 0 saturated heterocycles. The first-order chi connectivity index (χ1) is 7.99. The van der Waals surface area contributed by atoms with E-state index < -0.39 is 6.10 Å². The zero-order valence-corrected chi connectivity index (χ0v) is 11.4. The average Bonchev–Trinajstić information content (AvgIpc) is 2.25. The Morgan fingerprint density at radius 2 is 2.00 bits per heavy atom. The molecule has 17 heavy (non-hydrogen) atoms. The van der Waals surface area contributed by atoms with Gasteiger partial charge in [0.05, 0.1) is 6.10 Å². The molecule has 96 valence electrons. The molecule has 3 N–H and O–H groups in total. The first-order valence-electron chi connectivity index (χ1n) is 5.90. The smallest absolute Gasteiger partial charge is 0.0836 e. The molecule has 0 saturated carbocycles. The van der Waals surface area contributed by atoms with Crippen LogP contribution in [0.5, 0.6) is 0 Å². The van der Waals surface area contributed by atoms with Crippen LogP contribution in [0.4, 0.5) is 5.69 Å². The van der Waals surface area contributed by atoms with Crippen molar-refractivity contribution in [1.29, 1.82) is 0 Å². The molecule has 0 radical (unpaired) electrons. The van der Waals surface area contributed by atoms with Gasteiger partial charge in [0, 0.05) is 29.8 Å². The Labute approximate surface area is 108 Å². The Bertz CT molecular complexity index is 355. The van der Waals surface area contributed by atoms with Gasteiger partial charge in [0.2, 0.25) is 0 Å². The van der Waals surface area contributed by atoms with E-state index in [4.69, 9.17) is 11.6 Å². The maximum absolute atomic E-state index is 9.75. The molecule has 1 unspecified atom stereocenters. The fraction of sp³-hybridized carbons (Fsp3) is 0.538. The van der Waals surface area contributed by atoms with Gasteiger partial charge in [-0.25, -0.2) is 0 Å². The van der Waals surface area contributed by atoms with Crippen LogP contribution in [0.25, 0.3) is 0 Å². The van der Waals surface area contributed by atoms with Crippen molar-refractivity contribution in [2.75, 3.05) is 18.4 Å². The molecule has 0 heterocycles. The number of halogens is 1. The zero-order chi connectivity index (χ0) is 12.8. The average molecular weight is 257 g/mol. The van der Waals surface area contributed by atoms with Gasteiger partial charge in [-0.3, -0.25) is 0 Å². The van der Waals surface area contributed by atoms with Crippen LogP contribution in [0.15, 0.2) is 18.2 Å². The van der Waals surface area contributed by atoms with Crippen molar-refractivity contribution in [2.24, 2.45) is 0 Å². The van der Waals surface area contributed by atoms with E-state index in [1.807, 2.05) is 25.1 Å². The summed E-state index contributed by atoms with van der Waals surface area (Å²) in [6.45, 7) is 7.24. The summed E-state index contributed by atoms with van der Waals surface area (Å²) in [7, 11) is 0. The van der Waals surface area contributed by atoms with Crippen LogP contribution in [0.1, 0.15) is 19.4 Å². The Balaban J connectivity index is 2.39. The molecule has 0 aliphatic heterocycles. The second kappa shape index (κ2) is 6.84. The number of rotatable bonds is 6. The molecule has 1 rings (SSSR count). The lowest BCUT2D eigenvalue weighted by Gasteiger charge is -2.16. The molecular formula is C13H21ClN2O. The largest absolute Gasteiger partial charge is 0.390 e. The van der Waals surface area contributed by atoms with Crippen molar-refractivity contribution in [3.05, 3.63) is 28.8 Å². The summed E-state index contributed by atoms with van der Waals surface area (Å²) in [5.74, 6) is 0. The van der Waals surface area contributed by atoms with Crippen LogP contribution in [0.3, 0.4) is 0 Å². The second-order valence-corrected chi connectivity index (χ2v) is 4.99. The molecule has 0 aromatic heterocycles. The SMILES string of the molecule is Cc1cc(Cl)ccc1NCC(O)CNC(C)C. The van der Waals surface area contributed by atoms with Crippen molar-refractivity contribution in [2.45, 2.75) is 32.9 Å². The van der Waals surface area contributed by atoms with E-state index in [9.17, 15) is 5.11 Å². The molecule has 0 spiro atoms. The lowest BCUT2D eigenvalue weighted by atomic mass is 10.2. The van der Waals surface area contributed by atoms with Gasteiger partial charge in [-0.2, -0.15) is 0 Å². The maximum Gasteiger partial charge on any atom is 0.0836 e. The van der Waals surface area contributed by atoms with E-state index in [-0.39, 0.29) is 0 Å². The Hall–Kier alpha value is -0.770. The topological polar surface area (TPSA) is 44.3 Å². The molecule has 0 amide bonds. The molecule has 0 aliphatic carbocycles. The predicted molar refractivity (Wildman–Crippen MR) is 73.8 cm³/mol. The summed E-state index contributed by atoms with van der Waals surface area (Å²) in [5, 5.41) is 16.9. The van der Waals surface area contributed by atoms with E-state index in [2.05, 4.69) is 24.5 Å². The summed E-state index contributed by atoms with van der Waals surface area (Å²) in [5.41, 5.74) is 2.10. The second-order valence-electron chi connectivity index (χ2n) is 4.56. The minimum Gasteiger partial charge on any atom is -0.390 e. The molecule has 0 bridgehead atoms. The number of aliphatic hydroxyl groups is 1. The highest BCUT2D eigenvalue weighted by Gasteiger charge is 2.05. The van der Waals surface area contributed by atoms with Crippen molar-refractivity contribution in [3.63, 3.8) is 0 Å². The summed E-state index contributed by atoms with van der Waals surface area (Å²) in [4.78, 5) is 0. The minimum atomic E-state index is -0.396. The van der Waals surface area contributed by atoms with Gasteiger partial charge in [0.15, 0.2) is 0 Å². The summed E-state index contributed by atoms with van der Waals surface area (Å²) >= 11 is 5.88. The van der Waals surface area contributed by atoms with Crippen LogP contribution >= 0.6 is 11.6 Å². The number of hydrogen-bond donors (Lipinski definition) is 3. The van der Waals surface area contributed by atoms with Crippen LogP contribution in [-0.4, -0.2) is 30.3 Å². The van der Waals surface area contributed by atoms with Crippen LogP contribution < -0.4 is 10.6 Å². The number of anilines is 1. The summed E-state index contributed by atoms with van der Waals surface area (Å²) < 4.78 is 0. The highest BCUT2D eigenvalue weighted by atomic mass is 35.5. The summed E-state index contributed by atoms with van der Waals surface area (Å²) in [6.07, 6.45) is -0.396. The van der Waals surface area contributed by atoms with Crippen molar-refractivity contribution in [1.82, 2.24) is 5.32 Å². The van der Waals surface area contributed by atoms with Gasteiger partial charge in [-0.05, 0) is 30.7 Å². The normalized spacial score (nSPS) is 12.8. The number of hydrogen-bond acceptors (Lipinski definition) is 3. The highest BCUT2D eigenvalue weighted by Crippen LogP contribution is 2.19. The molecule has 1 aromatic rings. The van der Waals surface area contributed by atoms with Gasteiger partial charge < -0.3 is 15.7 Å². The molecule has 1 atom stereocenters. The first kappa shape index (κ1) is 14.3. The van der Waals surface area contributed by atoms with Crippen molar-refractivity contribution < 1.29 is 5.11 Å². The summed E-state index contributed by atoms with van der Waals surface area (Å²) in [6, 6.07) is 6.07. The number of aliphatic hydroxyl groups excluding tert-OH is 1. The van der Waals surface area contributed by atoms with Crippen LogP contribution in [0.2, 0.25) is 5.02 Å². The van der Waals surface area contributed by atoms with E-state index >= 15 is 0 Å². The first-order valence-corrected chi connectivity index (χ1v) is 6.28. The third kappa shape index (κ3) is 5.39. The molecule has 0 fully saturated rings. The van der Waals surface area contributed by atoms with Gasteiger partial charge in [0.25, 0.3) is 0 Å². The molecule has 1 aromatic carbocycles. The van der Waals surface area contributed by atoms with Crippen LogP contribution in [0, 0.1) is 6.92 Å². The van der Waals surface area contributed by atoms with Gasteiger partial charge in [-0.1, -0.05) is 25.4 Å². The van der Waals surface area contributed by atoms with Gasteiger partial charge in [-0.15, -0.1) is 0 Å². The molecule has 0 aliphatic rings. The number of benzene rings is 1. The third-order valence-corrected chi connectivity index (χ3v) is 2.71. The maximum atomic E-state index is 9.75.